The number of carbonyl (C=O) groups is 3. The van der Waals surface area contributed by atoms with E-state index in [0.717, 1.165) is 16.5 Å². The number of ether oxygens (including phenoxy) is 3. The fourth-order valence-electron chi connectivity index (χ4n) is 5.88. The molecule has 0 unspecified atom stereocenters. The molecule has 0 radical (unpaired) electrons. The average Bonchev–Trinajstić information content (AvgIpc) is 3.38. The number of hydrogen-bond acceptors (Lipinski definition) is 10. The maximum Gasteiger partial charge on any atom is 0.408 e. The van der Waals surface area contributed by atoms with Crippen LogP contribution in [0.25, 0.3) is 22.3 Å². The maximum atomic E-state index is 13.5. The van der Waals surface area contributed by atoms with Crippen LogP contribution in [0.2, 0.25) is 0 Å². The van der Waals surface area contributed by atoms with Gasteiger partial charge in [-0.15, -0.1) is 0 Å². The molecule has 2 aliphatic heterocycles. The third-order valence-corrected chi connectivity index (χ3v) is 8.21. The van der Waals surface area contributed by atoms with Gasteiger partial charge in [-0.2, -0.15) is 0 Å². The largest absolute Gasteiger partial charge is 0.494 e. The molecule has 3 aromatic rings. The van der Waals surface area contributed by atoms with Gasteiger partial charge < -0.3 is 39.6 Å². The van der Waals surface area contributed by atoms with E-state index in [1.807, 2.05) is 19.1 Å². The normalized spacial score (nSPS) is 17.4. The summed E-state index contributed by atoms with van der Waals surface area (Å²) in [6, 6.07) is 6.12. The Balaban J connectivity index is 1.28. The van der Waals surface area contributed by atoms with E-state index < -0.39 is 41.8 Å². The molecule has 0 spiro atoms. The van der Waals surface area contributed by atoms with Gasteiger partial charge in [-0.25, -0.2) is 14.6 Å². The molecule has 0 fully saturated rings. The van der Waals surface area contributed by atoms with E-state index >= 15 is 0 Å². The van der Waals surface area contributed by atoms with Crippen molar-refractivity contribution in [2.75, 3.05) is 19.8 Å². The van der Waals surface area contributed by atoms with E-state index in [4.69, 9.17) is 19.2 Å². The zero-order valence-electron chi connectivity index (χ0n) is 26.7. The van der Waals surface area contributed by atoms with Crippen LogP contribution in [0.3, 0.4) is 0 Å². The third kappa shape index (κ3) is 6.16. The summed E-state index contributed by atoms with van der Waals surface area (Å²) in [4.78, 5) is 55.3. The minimum Gasteiger partial charge on any atom is -0.494 e. The predicted molar refractivity (Wildman–Crippen MR) is 167 cm³/mol. The number of alkyl carbamates (subject to hydrolysis) is 1. The number of aliphatic hydroxyl groups is 2. The van der Waals surface area contributed by atoms with E-state index in [0.29, 0.717) is 48.6 Å². The Labute approximate surface area is 265 Å². The predicted octanol–water partition coefficient (Wildman–Crippen LogP) is 2.41. The van der Waals surface area contributed by atoms with Crippen molar-refractivity contribution >= 4 is 28.9 Å². The van der Waals surface area contributed by atoms with Crippen molar-refractivity contribution in [1.29, 1.82) is 0 Å². The molecule has 2 aliphatic rings. The Hall–Kier alpha value is -4.49. The number of rotatable bonds is 10. The molecule has 0 saturated heterocycles. The molecule has 46 heavy (non-hydrogen) atoms. The third-order valence-electron chi connectivity index (χ3n) is 8.21. The van der Waals surface area contributed by atoms with Crippen molar-refractivity contribution in [3.8, 4) is 17.1 Å². The number of aromatic nitrogens is 2. The molecule has 0 bridgehead atoms. The SMILES string of the molecule is CCc1c2c(nc3ccc(OCCCNC(=O)[C@H](CO)NC(=O)OC(C)(C)C)cc13)-c1cc3c(c(=O)n1C2)COC(=O)[C@]3(O)CC. The number of cyclic esters (lactones) is 1. The maximum absolute atomic E-state index is 13.5. The molecule has 13 heteroatoms. The summed E-state index contributed by atoms with van der Waals surface area (Å²) in [7, 11) is 0. The number of pyridine rings is 2. The topological polar surface area (TPSA) is 178 Å². The zero-order chi connectivity index (χ0) is 33.4. The molecule has 5 rings (SSSR count). The standard InChI is InChI=1S/C33H40N4O9/c1-6-19-20-13-18(44-12-8-11-34-28(39)25(16-38)36-31(42)46-32(3,4)5)9-10-24(20)35-27-21(19)15-37-26(27)14-23-22(29(37)40)17-45-30(41)33(23,43)7-2/h9-10,13-14,25,38,43H,6-8,11-12,15-17H2,1-5H3,(H,34,39)(H,36,42)/t25-,33-/m0/s1. The van der Waals surface area contributed by atoms with Gasteiger partial charge in [0.25, 0.3) is 5.56 Å². The van der Waals surface area contributed by atoms with E-state index in [1.54, 1.807) is 44.4 Å². The number of hydrogen-bond donors (Lipinski definition) is 4. The number of amides is 2. The van der Waals surface area contributed by atoms with Crippen molar-refractivity contribution in [3.63, 3.8) is 0 Å². The van der Waals surface area contributed by atoms with Gasteiger partial charge in [-0.05, 0) is 69.9 Å². The Morgan fingerprint density at radius 1 is 1.17 bits per heavy atom. The number of carbonyl (C=O) groups excluding carboxylic acids is 3. The Morgan fingerprint density at radius 2 is 1.93 bits per heavy atom. The Bertz CT molecular complexity index is 1760. The lowest BCUT2D eigenvalue weighted by Gasteiger charge is -2.31. The van der Waals surface area contributed by atoms with Crippen LogP contribution in [0.5, 0.6) is 5.75 Å². The monoisotopic (exact) mass is 636 g/mol. The summed E-state index contributed by atoms with van der Waals surface area (Å²) in [5, 5.41) is 26.6. The van der Waals surface area contributed by atoms with E-state index in [2.05, 4.69) is 10.6 Å². The van der Waals surface area contributed by atoms with Crippen molar-refractivity contribution in [2.45, 2.75) is 84.3 Å². The highest BCUT2D eigenvalue weighted by Crippen LogP contribution is 2.40. The van der Waals surface area contributed by atoms with Crippen LogP contribution >= 0.6 is 0 Å². The van der Waals surface area contributed by atoms with Crippen LogP contribution in [-0.4, -0.2) is 69.1 Å². The van der Waals surface area contributed by atoms with Gasteiger partial charge >= 0.3 is 12.1 Å². The lowest BCUT2D eigenvalue weighted by molar-refractivity contribution is -0.172. The summed E-state index contributed by atoms with van der Waals surface area (Å²) in [6.45, 7) is 8.90. The minimum atomic E-state index is -1.89. The van der Waals surface area contributed by atoms with Gasteiger partial charge in [0.05, 0.1) is 42.2 Å². The van der Waals surface area contributed by atoms with Gasteiger partial charge in [0.15, 0.2) is 5.60 Å². The summed E-state index contributed by atoms with van der Waals surface area (Å²) in [5.74, 6) is -0.682. The van der Waals surface area contributed by atoms with Gasteiger partial charge in [0, 0.05) is 23.1 Å². The molecule has 2 atom stereocenters. The molecule has 13 nitrogen and oxygen atoms in total. The second-order valence-corrected chi connectivity index (χ2v) is 12.4. The molecule has 4 heterocycles. The first-order valence-corrected chi connectivity index (χ1v) is 15.4. The quantitative estimate of drug-likeness (QED) is 0.149. The molecule has 0 aliphatic carbocycles. The molecule has 2 aromatic heterocycles. The number of benzene rings is 1. The molecule has 4 N–H and O–H groups in total. The lowest BCUT2D eigenvalue weighted by Crippen LogP contribution is -2.50. The van der Waals surface area contributed by atoms with E-state index in [9.17, 15) is 29.4 Å². The second-order valence-electron chi connectivity index (χ2n) is 12.4. The van der Waals surface area contributed by atoms with Crippen molar-refractivity contribution < 1.29 is 38.8 Å². The van der Waals surface area contributed by atoms with Crippen LogP contribution in [0.1, 0.15) is 69.7 Å². The number of esters is 1. The number of aliphatic hydroxyl groups excluding tert-OH is 1. The van der Waals surface area contributed by atoms with E-state index in [-0.39, 0.29) is 36.3 Å². The highest BCUT2D eigenvalue weighted by atomic mass is 16.6. The highest BCUT2D eigenvalue weighted by Gasteiger charge is 2.45. The van der Waals surface area contributed by atoms with Gasteiger partial charge in [0.1, 0.15) is 24.0 Å². The second kappa shape index (κ2) is 12.7. The lowest BCUT2D eigenvalue weighted by atomic mass is 9.86. The molecule has 0 saturated carbocycles. The first-order chi connectivity index (χ1) is 21.8. The fourth-order valence-corrected chi connectivity index (χ4v) is 5.88. The molecule has 246 valence electrons. The minimum absolute atomic E-state index is 0.0730. The fraction of sp³-hybridized carbons (Fsp3) is 0.485. The summed E-state index contributed by atoms with van der Waals surface area (Å²) >= 11 is 0. The average molecular weight is 637 g/mol. The number of fused-ring (bicyclic) bond motifs is 5. The highest BCUT2D eigenvalue weighted by molar-refractivity contribution is 5.90. The first kappa shape index (κ1) is 32.9. The summed E-state index contributed by atoms with van der Waals surface area (Å²) < 4.78 is 17.9. The van der Waals surface area contributed by atoms with Crippen LogP contribution in [0.4, 0.5) is 4.79 Å². The zero-order valence-corrected chi connectivity index (χ0v) is 26.7. The van der Waals surface area contributed by atoms with E-state index in [1.165, 1.54) is 0 Å². The molecular formula is C33H40N4O9. The number of aryl methyl sites for hydroxylation is 1. The van der Waals surface area contributed by atoms with Gasteiger partial charge in [-0.1, -0.05) is 13.8 Å². The number of nitrogens with one attached hydrogen (secondary N) is 2. The first-order valence-electron chi connectivity index (χ1n) is 15.4. The van der Waals surface area contributed by atoms with Crippen LogP contribution in [-0.2, 0) is 44.2 Å². The summed E-state index contributed by atoms with van der Waals surface area (Å²) in [6.07, 6.45) is 0.418. The number of nitrogens with zero attached hydrogens (tertiary/aromatic N) is 2. The van der Waals surface area contributed by atoms with Crippen LogP contribution in [0.15, 0.2) is 29.1 Å². The van der Waals surface area contributed by atoms with Gasteiger partial charge in [-0.3, -0.25) is 9.59 Å². The van der Waals surface area contributed by atoms with Crippen molar-refractivity contribution in [2.24, 2.45) is 0 Å². The Kier molecular flexibility index (Phi) is 9.09. The smallest absolute Gasteiger partial charge is 0.408 e. The molecular weight excluding hydrogens is 596 g/mol. The van der Waals surface area contributed by atoms with Crippen LogP contribution < -0.4 is 20.9 Å². The Morgan fingerprint density at radius 3 is 2.61 bits per heavy atom. The summed E-state index contributed by atoms with van der Waals surface area (Å²) in [5.41, 5.74) is 1.47. The van der Waals surface area contributed by atoms with Crippen molar-refractivity contribution in [1.82, 2.24) is 20.2 Å². The molecule has 2 amide bonds. The molecule has 1 aromatic carbocycles. The van der Waals surface area contributed by atoms with Crippen molar-refractivity contribution in [3.05, 3.63) is 56.9 Å². The van der Waals surface area contributed by atoms with Crippen LogP contribution in [0, 0.1) is 0 Å². The van der Waals surface area contributed by atoms with Gasteiger partial charge in [0.2, 0.25) is 5.91 Å².